The van der Waals surface area contributed by atoms with E-state index in [4.69, 9.17) is 14.2 Å². The van der Waals surface area contributed by atoms with Crippen LogP contribution < -0.4 is 4.74 Å². The number of carbonyl (C=O) groups is 2. The molecule has 0 spiro atoms. The highest BCUT2D eigenvalue weighted by Crippen LogP contribution is 2.69. The molecule has 0 N–H and O–H groups in total. The zero-order chi connectivity index (χ0) is 30.2. The fourth-order valence-electron chi connectivity index (χ4n) is 10.5. The Hall–Kier alpha value is -2.82. The van der Waals surface area contributed by atoms with Gasteiger partial charge in [-0.1, -0.05) is 57.2 Å². The zero-order valence-corrected chi connectivity index (χ0v) is 26.5. The number of esters is 2. The van der Waals surface area contributed by atoms with Gasteiger partial charge in [0.25, 0.3) is 0 Å². The molecule has 10 atom stereocenters. The molecule has 0 saturated heterocycles. The number of rotatable bonds is 8. The number of hydrogen-bond acceptors (Lipinski definition) is 5. The van der Waals surface area contributed by atoms with Crippen molar-refractivity contribution in [2.45, 2.75) is 97.2 Å². The highest BCUT2D eigenvalue weighted by Gasteiger charge is 2.65. The van der Waals surface area contributed by atoms with Gasteiger partial charge in [0.15, 0.2) is 0 Å². The molecule has 0 heterocycles. The molecule has 4 aliphatic carbocycles. The molecule has 2 aromatic rings. The van der Waals surface area contributed by atoms with Crippen molar-refractivity contribution in [3.8, 4) is 5.75 Å². The van der Waals surface area contributed by atoms with E-state index in [-0.39, 0.29) is 35.0 Å². The summed E-state index contributed by atoms with van der Waals surface area (Å²) in [6.45, 7) is 7.43. The van der Waals surface area contributed by atoms with Gasteiger partial charge in [0.1, 0.15) is 18.0 Å². The molecule has 0 radical (unpaired) electrons. The minimum Gasteiger partial charge on any atom is -0.490 e. The normalized spacial score (nSPS) is 37.3. The Balaban J connectivity index is 1.23. The van der Waals surface area contributed by atoms with Crippen LogP contribution in [0.1, 0.15) is 95.3 Å². The summed E-state index contributed by atoms with van der Waals surface area (Å²) in [7, 11) is 1.49. The van der Waals surface area contributed by atoms with Crippen LogP contribution in [0.4, 0.5) is 0 Å². The van der Waals surface area contributed by atoms with Crippen LogP contribution in [0.25, 0.3) is 0 Å². The summed E-state index contributed by atoms with van der Waals surface area (Å²) in [6.07, 6.45) is 10.5. The van der Waals surface area contributed by atoms with Crippen LogP contribution >= 0.6 is 0 Å². The second kappa shape index (κ2) is 12.3. The first-order chi connectivity index (χ1) is 20.7. The van der Waals surface area contributed by atoms with Crippen molar-refractivity contribution in [1.29, 1.82) is 0 Å². The SMILES string of the molecule is COC(=O)CC[C@H](C)[C@@H]1CC[C@@H]2[C@@H]3CC[C@@H]4C[C@H](OC(=O)c5ccccc5)CC[C@]4(C)[C@@H]3C[C@H](Oc3ccccc3)[C@@]21C. The first kappa shape index (κ1) is 30.2. The Morgan fingerprint density at radius 2 is 1.60 bits per heavy atom. The van der Waals surface area contributed by atoms with Crippen LogP contribution in [0, 0.1) is 46.3 Å². The molecular weight excluding hydrogens is 536 g/mol. The van der Waals surface area contributed by atoms with E-state index in [0.717, 1.165) is 37.9 Å². The molecule has 5 nitrogen and oxygen atoms in total. The minimum absolute atomic E-state index is 0.000857. The highest BCUT2D eigenvalue weighted by molar-refractivity contribution is 5.89. The summed E-state index contributed by atoms with van der Waals surface area (Å²) in [5.41, 5.74) is 0.939. The average molecular weight is 587 g/mol. The topological polar surface area (TPSA) is 61.8 Å². The van der Waals surface area contributed by atoms with Crippen molar-refractivity contribution >= 4 is 11.9 Å². The largest absolute Gasteiger partial charge is 0.490 e. The molecule has 232 valence electrons. The zero-order valence-electron chi connectivity index (χ0n) is 26.5. The van der Waals surface area contributed by atoms with Crippen LogP contribution in [0.15, 0.2) is 60.7 Å². The van der Waals surface area contributed by atoms with E-state index >= 15 is 0 Å². The van der Waals surface area contributed by atoms with Gasteiger partial charge in [-0.15, -0.1) is 0 Å². The van der Waals surface area contributed by atoms with Crippen molar-refractivity contribution in [1.82, 2.24) is 0 Å². The fraction of sp³-hybridized carbons (Fsp3) is 0.632. The van der Waals surface area contributed by atoms with Gasteiger partial charge in [0.2, 0.25) is 0 Å². The maximum atomic E-state index is 12.9. The summed E-state index contributed by atoms with van der Waals surface area (Å²) in [5, 5.41) is 0. The summed E-state index contributed by atoms with van der Waals surface area (Å²) in [5.74, 6) is 4.12. The number of carbonyl (C=O) groups excluding carboxylic acids is 2. The molecule has 0 bridgehead atoms. The van der Waals surface area contributed by atoms with Crippen LogP contribution in [-0.2, 0) is 14.3 Å². The molecule has 0 aromatic heterocycles. The Bertz CT molecular complexity index is 1260. The monoisotopic (exact) mass is 586 g/mol. The lowest BCUT2D eigenvalue weighted by atomic mass is 9.43. The standard InChI is InChI=1S/C38H50O5/c1-25(15-20-35(39)41-4)31-18-19-32-30-17-16-27-23-29(43-36(40)26-11-7-5-8-12-26)21-22-37(27,2)33(30)24-34(38(31,32)3)42-28-13-9-6-10-14-28/h5-14,25,27,29-34H,15-24H2,1-4H3/t25-,27+,29+,30-,31-,32+,33+,34-,37-,38+/m0/s1. The maximum Gasteiger partial charge on any atom is 0.338 e. The smallest absolute Gasteiger partial charge is 0.338 e. The van der Waals surface area contributed by atoms with Crippen molar-refractivity contribution in [3.63, 3.8) is 0 Å². The molecule has 6 rings (SSSR count). The van der Waals surface area contributed by atoms with Crippen molar-refractivity contribution in [3.05, 3.63) is 66.2 Å². The summed E-state index contributed by atoms with van der Waals surface area (Å²) >= 11 is 0. The quantitative estimate of drug-likeness (QED) is 0.290. The first-order valence-electron chi connectivity index (χ1n) is 16.8. The lowest BCUT2D eigenvalue weighted by molar-refractivity contribution is -0.168. The number of methoxy groups -OCH3 is 1. The van der Waals surface area contributed by atoms with E-state index in [2.05, 4.69) is 51.1 Å². The van der Waals surface area contributed by atoms with Crippen LogP contribution in [0.3, 0.4) is 0 Å². The van der Waals surface area contributed by atoms with E-state index < -0.39 is 0 Å². The van der Waals surface area contributed by atoms with E-state index in [1.54, 1.807) is 0 Å². The molecule has 2 aromatic carbocycles. The Kier molecular flexibility index (Phi) is 8.63. The van der Waals surface area contributed by atoms with Gasteiger partial charge in [0, 0.05) is 11.8 Å². The van der Waals surface area contributed by atoms with E-state index in [0.29, 0.717) is 47.5 Å². The van der Waals surface area contributed by atoms with Crippen LogP contribution in [-0.4, -0.2) is 31.3 Å². The molecule has 4 fully saturated rings. The van der Waals surface area contributed by atoms with Crippen molar-refractivity contribution in [2.24, 2.45) is 46.3 Å². The van der Waals surface area contributed by atoms with Gasteiger partial charge in [-0.05, 0) is 123 Å². The Morgan fingerprint density at radius 3 is 2.33 bits per heavy atom. The summed E-state index contributed by atoms with van der Waals surface area (Å²) in [6, 6.07) is 19.8. The third kappa shape index (κ3) is 5.62. The third-order valence-electron chi connectivity index (χ3n) is 12.8. The van der Waals surface area contributed by atoms with Gasteiger partial charge < -0.3 is 14.2 Å². The number of fused-ring (bicyclic) bond motifs is 5. The lowest BCUT2D eigenvalue weighted by Crippen LogP contribution is -2.60. The number of para-hydroxylation sites is 1. The van der Waals surface area contributed by atoms with Gasteiger partial charge in [-0.2, -0.15) is 0 Å². The van der Waals surface area contributed by atoms with Crippen molar-refractivity contribution < 1.29 is 23.8 Å². The van der Waals surface area contributed by atoms with E-state index in [1.165, 1.54) is 32.8 Å². The molecular formula is C38H50O5. The first-order valence-corrected chi connectivity index (χ1v) is 16.8. The molecule has 43 heavy (non-hydrogen) atoms. The lowest BCUT2D eigenvalue weighted by Gasteiger charge is -2.63. The molecule has 4 aliphatic rings. The predicted octanol–water partition coefficient (Wildman–Crippen LogP) is 8.52. The highest BCUT2D eigenvalue weighted by atomic mass is 16.5. The molecule has 4 saturated carbocycles. The van der Waals surface area contributed by atoms with Gasteiger partial charge in [-0.25, -0.2) is 4.79 Å². The van der Waals surface area contributed by atoms with E-state index in [1.807, 2.05) is 30.3 Å². The molecule has 0 unspecified atom stereocenters. The fourth-order valence-corrected chi connectivity index (χ4v) is 10.5. The molecule has 5 heteroatoms. The number of hydrogen-bond donors (Lipinski definition) is 0. The number of benzene rings is 2. The average Bonchev–Trinajstić information content (AvgIpc) is 3.39. The van der Waals surface area contributed by atoms with Gasteiger partial charge >= 0.3 is 11.9 Å². The predicted molar refractivity (Wildman–Crippen MR) is 168 cm³/mol. The van der Waals surface area contributed by atoms with E-state index in [9.17, 15) is 9.59 Å². The van der Waals surface area contributed by atoms with Crippen molar-refractivity contribution in [2.75, 3.05) is 7.11 Å². The summed E-state index contributed by atoms with van der Waals surface area (Å²) < 4.78 is 18.1. The number of ether oxygens (including phenoxy) is 3. The van der Waals surface area contributed by atoms with Crippen LogP contribution in [0.5, 0.6) is 5.75 Å². The molecule has 0 amide bonds. The van der Waals surface area contributed by atoms with Gasteiger partial charge in [-0.3, -0.25) is 4.79 Å². The second-order valence-electron chi connectivity index (χ2n) is 14.6. The maximum absolute atomic E-state index is 12.9. The molecule has 0 aliphatic heterocycles. The Morgan fingerprint density at radius 1 is 0.884 bits per heavy atom. The summed E-state index contributed by atoms with van der Waals surface area (Å²) in [4.78, 5) is 24.9. The van der Waals surface area contributed by atoms with Gasteiger partial charge in [0.05, 0.1) is 12.7 Å². The second-order valence-corrected chi connectivity index (χ2v) is 14.6. The van der Waals surface area contributed by atoms with Crippen LogP contribution in [0.2, 0.25) is 0 Å². The third-order valence-corrected chi connectivity index (χ3v) is 12.8. The Labute approximate surface area is 258 Å². The minimum atomic E-state index is -0.189.